The van der Waals surface area contributed by atoms with Gasteiger partial charge in [-0.15, -0.1) is 0 Å². The summed E-state index contributed by atoms with van der Waals surface area (Å²) in [5.41, 5.74) is 1.59. The van der Waals surface area contributed by atoms with Gasteiger partial charge in [-0.25, -0.2) is 0 Å². The summed E-state index contributed by atoms with van der Waals surface area (Å²) in [6, 6.07) is 8.24. The van der Waals surface area contributed by atoms with E-state index in [2.05, 4.69) is 12.1 Å². The number of hydrogen-bond donors (Lipinski definition) is 0. The molecule has 0 atom stereocenters. The Morgan fingerprint density at radius 3 is 2.33 bits per heavy atom. The number of rotatable bonds is 4. The highest BCUT2D eigenvalue weighted by Crippen LogP contribution is 2.43. The van der Waals surface area contributed by atoms with Crippen molar-refractivity contribution in [3.63, 3.8) is 0 Å². The Hall–Kier alpha value is -0.820. The molecule has 0 bridgehead atoms. The van der Waals surface area contributed by atoms with Gasteiger partial charge in [-0.1, -0.05) is 43.0 Å². The van der Waals surface area contributed by atoms with Gasteiger partial charge in [0.15, 0.2) is 0 Å². The van der Waals surface area contributed by atoms with E-state index in [4.69, 9.17) is 11.6 Å². The minimum atomic E-state index is 0.217. The molecule has 0 spiro atoms. The van der Waals surface area contributed by atoms with Crippen LogP contribution in [-0.4, -0.2) is 5.78 Å². The van der Waals surface area contributed by atoms with Gasteiger partial charge in [0, 0.05) is 11.4 Å². The predicted octanol–water partition coefficient (Wildman–Crippen LogP) is 4.91. The largest absolute Gasteiger partial charge is 0.300 e. The van der Waals surface area contributed by atoms with Gasteiger partial charge in [-0.2, -0.15) is 0 Å². The summed E-state index contributed by atoms with van der Waals surface area (Å²) in [5.74, 6) is 0.300. The van der Waals surface area contributed by atoms with Crippen molar-refractivity contribution in [1.82, 2.24) is 0 Å². The smallest absolute Gasteiger partial charge is 0.129 e. The maximum absolute atomic E-state index is 11.3. The molecule has 1 saturated carbocycles. The van der Waals surface area contributed by atoms with Crippen LogP contribution in [0.4, 0.5) is 0 Å². The average Bonchev–Trinajstić information content (AvgIpc) is 2.38. The Morgan fingerprint density at radius 1 is 1.17 bits per heavy atom. The van der Waals surface area contributed by atoms with E-state index in [1.54, 1.807) is 6.92 Å². The lowest BCUT2D eigenvalue weighted by Gasteiger charge is -2.38. The fraction of sp³-hybridized carbons (Fsp3) is 0.562. The molecule has 1 nitrogen and oxygen atoms in total. The van der Waals surface area contributed by atoms with E-state index in [1.807, 2.05) is 12.1 Å². The molecule has 0 heterocycles. The van der Waals surface area contributed by atoms with Crippen LogP contribution in [-0.2, 0) is 10.2 Å². The van der Waals surface area contributed by atoms with Gasteiger partial charge < -0.3 is 4.79 Å². The van der Waals surface area contributed by atoms with Gasteiger partial charge in [0.1, 0.15) is 5.78 Å². The topological polar surface area (TPSA) is 17.1 Å². The minimum Gasteiger partial charge on any atom is -0.300 e. The molecule has 1 aliphatic carbocycles. The average molecular weight is 265 g/mol. The highest BCUT2D eigenvalue weighted by Gasteiger charge is 2.33. The lowest BCUT2D eigenvalue weighted by molar-refractivity contribution is -0.117. The van der Waals surface area contributed by atoms with E-state index in [0.29, 0.717) is 12.2 Å². The van der Waals surface area contributed by atoms with Crippen LogP contribution < -0.4 is 0 Å². The van der Waals surface area contributed by atoms with Crippen LogP contribution in [0.2, 0.25) is 5.02 Å². The van der Waals surface area contributed by atoms with Crippen molar-refractivity contribution >= 4 is 17.4 Å². The fourth-order valence-electron chi connectivity index (χ4n) is 3.13. The SMILES string of the molecule is CC(=O)CCC1(c2ccc(Cl)cc2)CCCCC1. The molecule has 18 heavy (non-hydrogen) atoms. The van der Waals surface area contributed by atoms with E-state index in [9.17, 15) is 4.79 Å². The summed E-state index contributed by atoms with van der Waals surface area (Å²) >= 11 is 5.97. The molecule has 0 amide bonds. The molecular weight excluding hydrogens is 244 g/mol. The van der Waals surface area contributed by atoms with Gasteiger partial charge in [-0.3, -0.25) is 0 Å². The standard InChI is InChI=1S/C16H21ClO/c1-13(18)9-12-16(10-3-2-4-11-16)14-5-7-15(17)8-6-14/h5-8H,2-4,9-12H2,1H3. The van der Waals surface area contributed by atoms with Crippen LogP contribution in [0.1, 0.15) is 57.4 Å². The Morgan fingerprint density at radius 2 is 1.78 bits per heavy atom. The summed E-state index contributed by atoms with van der Waals surface area (Å²) in [5, 5.41) is 0.788. The lowest BCUT2D eigenvalue weighted by Crippen LogP contribution is -2.29. The van der Waals surface area contributed by atoms with Gasteiger partial charge in [0.05, 0.1) is 0 Å². The Labute approximate surface area is 115 Å². The van der Waals surface area contributed by atoms with Crippen LogP contribution in [0, 0.1) is 0 Å². The number of ketones is 1. The van der Waals surface area contributed by atoms with Crippen molar-refractivity contribution in [3.05, 3.63) is 34.9 Å². The van der Waals surface area contributed by atoms with E-state index in [-0.39, 0.29) is 5.41 Å². The third kappa shape index (κ3) is 3.14. The highest BCUT2D eigenvalue weighted by molar-refractivity contribution is 6.30. The fourth-order valence-corrected chi connectivity index (χ4v) is 3.26. The minimum absolute atomic E-state index is 0.217. The number of carbonyl (C=O) groups is 1. The summed E-state index contributed by atoms with van der Waals surface area (Å²) < 4.78 is 0. The summed E-state index contributed by atoms with van der Waals surface area (Å²) in [6.45, 7) is 1.69. The third-order valence-corrected chi connectivity index (χ3v) is 4.47. The van der Waals surface area contributed by atoms with Crippen molar-refractivity contribution in [1.29, 1.82) is 0 Å². The molecule has 0 N–H and O–H groups in total. The molecule has 1 aromatic carbocycles. The first-order valence-corrected chi connectivity index (χ1v) is 7.26. The second-order valence-corrected chi connectivity index (χ2v) is 5.99. The van der Waals surface area contributed by atoms with Gasteiger partial charge >= 0.3 is 0 Å². The molecule has 0 unspecified atom stereocenters. The van der Waals surface area contributed by atoms with Crippen molar-refractivity contribution in [2.24, 2.45) is 0 Å². The maximum Gasteiger partial charge on any atom is 0.129 e. The zero-order valence-corrected chi connectivity index (χ0v) is 11.8. The molecule has 2 rings (SSSR count). The van der Waals surface area contributed by atoms with Crippen LogP contribution >= 0.6 is 11.6 Å². The molecule has 1 aliphatic rings. The quantitative estimate of drug-likeness (QED) is 0.755. The van der Waals surface area contributed by atoms with E-state index < -0.39 is 0 Å². The molecule has 0 saturated heterocycles. The number of hydrogen-bond acceptors (Lipinski definition) is 1. The number of benzene rings is 1. The molecule has 1 aromatic rings. The van der Waals surface area contributed by atoms with Crippen LogP contribution in [0.25, 0.3) is 0 Å². The molecule has 0 aromatic heterocycles. The zero-order chi connectivity index (χ0) is 13.0. The number of carbonyl (C=O) groups excluding carboxylic acids is 1. The number of Topliss-reactive ketones (excluding diaryl/α,β-unsaturated/α-hetero) is 1. The molecule has 98 valence electrons. The summed E-state index contributed by atoms with van der Waals surface area (Å²) in [7, 11) is 0. The summed E-state index contributed by atoms with van der Waals surface area (Å²) in [4.78, 5) is 11.3. The zero-order valence-electron chi connectivity index (χ0n) is 11.0. The first kappa shape index (κ1) is 13.6. The van der Waals surface area contributed by atoms with E-state index >= 15 is 0 Å². The van der Waals surface area contributed by atoms with Crippen molar-refractivity contribution in [3.8, 4) is 0 Å². The molecule has 0 radical (unpaired) electrons. The first-order valence-electron chi connectivity index (χ1n) is 6.88. The highest BCUT2D eigenvalue weighted by atomic mass is 35.5. The molecule has 0 aliphatic heterocycles. The predicted molar refractivity (Wildman–Crippen MR) is 76.1 cm³/mol. The molecule has 2 heteroatoms. The van der Waals surface area contributed by atoms with Gasteiger partial charge in [0.2, 0.25) is 0 Å². The third-order valence-electron chi connectivity index (χ3n) is 4.22. The van der Waals surface area contributed by atoms with Crippen LogP contribution in [0.15, 0.2) is 24.3 Å². The Balaban J connectivity index is 2.22. The van der Waals surface area contributed by atoms with Gasteiger partial charge in [0.25, 0.3) is 0 Å². The second kappa shape index (κ2) is 5.88. The van der Waals surface area contributed by atoms with Crippen LogP contribution in [0.5, 0.6) is 0 Å². The van der Waals surface area contributed by atoms with Crippen molar-refractivity contribution < 1.29 is 4.79 Å². The lowest BCUT2D eigenvalue weighted by atomic mass is 9.66. The maximum atomic E-state index is 11.3. The Kier molecular flexibility index (Phi) is 4.45. The second-order valence-electron chi connectivity index (χ2n) is 5.55. The number of halogens is 1. The van der Waals surface area contributed by atoms with Crippen molar-refractivity contribution in [2.75, 3.05) is 0 Å². The monoisotopic (exact) mass is 264 g/mol. The van der Waals surface area contributed by atoms with Gasteiger partial charge in [-0.05, 0) is 49.3 Å². The summed E-state index contributed by atoms with van der Waals surface area (Å²) in [6.07, 6.45) is 7.99. The van der Waals surface area contributed by atoms with E-state index in [0.717, 1.165) is 11.4 Å². The molecular formula is C16H21ClO. The van der Waals surface area contributed by atoms with Crippen LogP contribution in [0.3, 0.4) is 0 Å². The normalized spacial score (nSPS) is 18.6. The Bertz CT molecular complexity index is 402. The first-order chi connectivity index (χ1) is 8.62. The van der Waals surface area contributed by atoms with Crippen molar-refractivity contribution in [2.45, 2.75) is 57.3 Å². The molecule has 1 fully saturated rings. The van der Waals surface area contributed by atoms with E-state index in [1.165, 1.54) is 37.7 Å².